The van der Waals surface area contributed by atoms with Gasteiger partial charge in [-0.1, -0.05) is 31.2 Å². The molecular weight excluding hydrogens is 272 g/mol. The third-order valence-corrected chi connectivity index (χ3v) is 5.87. The lowest BCUT2D eigenvalue weighted by Gasteiger charge is -2.20. The molecule has 1 aliphatic rings. The summed E-state index contributed by atoms with van der Waals surface area (Å²) in [5.74, 6) is 0.681. The molecular formula is C15H24N2O2S. The zero-order chi connectivity index (χ0) is 14.6. The van der Waals surface area contributed by atoms with Crippen LogP contribution in [-0.4, -0.2) is 25.8 Å². The minimum Gasteiger partial charge on any atom is -0.326 e. The molecule has 2 rings (SSSR count). The smallest absolute Gasteiger partial charge is 0.218 e. The topological polar surface area (TPSA) is 63.4 Å². The van der Waals surface area contributed by atoms with Crippen LogP contribution in [0.15, 0.2) is 24.3 Å². The molecule has 0 aromatic heterocycles. The van der Waals surface area contributed by atoms with Gasteiger partial charge in [0.05, 0.1) is 5.75 Å². The highest BCUT2D eigenvalue weighted by Gasteiger charge is 2.25. The van der Waals surface area contributed by atoms with E-state index in [-0.39, 0.29) is 5.75 Å². The Morgan fingerprint density at radius 2 is 1.90 bits per heavy atom. The van der Waals surface area contributed by atoms with Crippen molar-refractivity contribution in [2.75, 3.05) is 13.1 Å². The average molecular weight is 296 g/mol. The largest absolute Gasteiger partial charge is 0.326 e. The molecule has 1 aromatic carbocycles. The van der Waals surface area contributed by atoms with Crippen molar-refractivity contribution in [1.82, 2.24) is 4.31 Å². The van der Waals surface area contributed by atoms with Crippen molar-refractivity contribution in [3.05, 3.63) is 35.4 Å². The second kappa shape index (κ2) is 6.70. The minimum atomic E-state index is -3.24. The van der Waals surface area contributed by atoms with Crippen LogP contribution < -0.4 is 5.73 Å². The van der Waals surface area contributed by atoms with Crippen molar-refractivity contribution in [3.63, 3.8) is 0 Å². The molecule has 1 fully saturated rings. The first-order valence-corrected chi connectivity index (χ1v) is 8.88. The summed E-state index contributed by atoms with van der Waals surface area (Å²) in [5.41, 5.74) is 7.42. The quantitative estimate of drug-likeness (QED) is 0.925. The van der Waals surface area contributed by atoms with E-state index < -0.39 is 10.0 Å². The molecule has 1 aliphatic heterocycles. The Morgan fingerprint density at radius 3 is 2.60 bits per heavy atom. The van der Waals surface area contributed by atoms with E-state index in [9.17, 15) is 8.42 Å². The summed E-state index contributed by atoms with van der Waals surface area (Å²) in [7, 11) is -3.24. The number of hydrogen-bond donors (Lipinski definition) is 1. The van der Waals surface area contributed by atoms with Crippen molar-refractivity contribution in [3.8, 4) is 0 Å². The maximum Gasteiger partial charge on any atom is 0.218 e. The fraction of sp³-hybridized carbons (Fsp3) is 0.600. The van der Waals surface area contributed by atoms with Crippen molar-refractivity contribution >= 4 is 10.0 Å². The normalized spacial score (nSPS) is 21.6. The molecule has 1 saturated heterocycles. The molecule has 0 amide bonds. The van der Waals surface area contributed by atoms with Gasteiger partial charge in [-0.15, -0.1) is 0 Å². The van der Waals surface area contributed by atoms with Crippen LogP contribution in [0.2, 0.25) is 0 Å². The van der Waals surface area contributed by atoms with Crippen LogP contribution in [0.3, 0.4) is 0 Å². The van der Waals surface area contributed by atoms with Gasteiger partial charge in [0, 0.05) is 19.6 Å². The van der Waals surface area contributed by atoms with Gasteiger partial charge < -0.3 is 5.73 Å². The Labute approximate surface area is 122 Å². The van der Waals surface area contributed by atoms with Gasteiger partial charge in [0.15, 0.2) is 0 Å². The highest BCUT2D eigenvalue weighted by atomic mass is 32.2. The van der Waals surface area contributed by atoms with Gasteiger partial charge in [-0.05, 0) is 36.3 Å². The van der Waals surface area contributed by atoms with Crippen LogP contribution in [0.5, 0.6) is 0 Å². The summed E-state index contributed by atoms with van der Waals surface area (Å²) in [4.78, 5) is 0. The van der Waals surface area contributed by atoms with Crippen LogP contribution in [0.1, 0.15) is 37.3 Å². The Hall–Kier alpha value is -0.910. The van der Waals surface area contributed by atoms with E-state index in [0.29, 0.717) is 25.6 Å². The number of benzene rings is 1. The minimum absolute atomic E-state index is 0.0642. The zero-order valence-electron chi connectivity index (χ0n) is 12.1. The van der Waals surface area contributed by atoms with Crippen molar-refractivity contribution in [2.24, 2.45) is 11.7 Å². The first-order valence-electron chi connectivity index (χ1n) is 7.27. The van der Waals surface area contributed by atoms with E-state index in [1.807, 2.05) is 24.3 Å². The lowest BCUT2D eigenvalue weighted by atomic mass is 10.0. The molecule has 1 aromatic rings. The Bertz CT molecular complexity index is 543. The summed E-state index contributed by atoms with van der Waals surface area (Å²) in [5, 5.41) is 0. The Kier molecular flexibility index (Phi) is 5.18. The first-order chi connectivity index (χ1) is 9.53. The van der Waals surface area contributed by atoms with Crippen LogP contribution >= 0.6 is 0 Å². The van der Waals surface area contributed by atoms with E-state index in [4.69, 9.17) is 5.73 Å². The highest BCUT2D eigenvalue weighted by molar-refractivity contribution is 7.88. The van der Waals surface area contributed by atoms with Crippen LogP contribution in [0.4, 0.5) is 0 Å². The maximum atomic E-state index is 12.6. The molecule has 5 heteroatoms. The molecule has 20 heavy (non-hydrogen) atoms. The summed E-state index contributed by atoms with van der Waals surface area (Å²) >= 11 is 0. The molecule has 1 unspecified atom stereocenters. The third-order valence-electron chi connectivity index (χ3n) is 4.05. The maximum absolute atomic E-state index is 12.6. The number of rotatable bonds is 4. The molecule has 0 saturated carbocycles. The molecule has 1 atom stereocenters. The lowest BCUT2D eigenvalue weighted by molar-refractivity contribution is 0.416. The predicted octanol–water partition coefficient (Wildman–Crippen LogP) is 2.10. The number of sulfonamides is 1. The van der Waals surface area contributed by atoms with Crippen molar-refractivity contribution < 1.29 is 8.42 Å². The summed E-state index contributed by atoms with van der Waals surface area (Å²) < 4.78 is 26.8. The number of nitrogens with two attached hydrogens (primary N) is 1. The van der Waals surface area contributed by atoms with E-state index in [1.54, 1.807) is 4.31 Å². The standard InChI is InChI=1S/C15H24N2O2S/c1-13-5-4-9-17(10-8-13)20(18,19)12-15-7-3-2-6-14(15)11-16/h2-3,6-7,13H,4-5,8-12,16H2,1H3. The third kappa shape index (κ3) is 3.81. The zero-order valence-corrected chi connectivity index (χ0v) is 12.9. The number of nitrogens with zero attached hydrogens (tertiary/aromatic N) is 1. The highest BCUT2D eigenvalue weighted by Crippen LogP contribution is 2.21. The monoisotopic (exact) mass is 296 g/mol. The summed E-state index contributed by atoms with van der Waals surface area (Å²) in [6, 6.07) is 7.52. The Morgan fingerprint density at radius 1 is 1.20 bits per heavy atom. The molecule has 0 radical (unpaired) electrons. The van der Waals surface area contributed by atoms with Gasteiger partial charge in [0.1, 0.15) is 0 Å². The van der Waals surface area contributed by atoms with Gasteiger partial charge >= 0.3 is 0 Å². The van der Waals surface area contributed by atoms with E-state index >= 15 is 0 Å². The predicted molar refractivity (Wildman–Crippen MR) is 81.5 cm³/mol. The average Bonchev–Trinajstić information content (AvgIpc) is 2.64. The molecule has 0 aliphatic carbocycles. The van der Waals surface area contributed by atoms with E-state index in [2.05, 4.69) is 6.92 Å². The van der Waals surface area contributed by atoms with Crippen LogP contribution in [0.25, 0.3) is 0 Å². The summed E-state index contributed by atoms with van der Waals surface area (Å²) in [6.45, 7) is 3.87. The van der Waals surface area contributed by atoms with E-state index in [1.165, 1.54) is 0 Å². The number of hydrogen-bond acceptors (Lipinski definition) is 3. The van der Waals surface area contributed by atoms with Crippen LogP contribution in [-0.2, 0) is 22.3 Å². The summed E-state index contributed by atoms with van der Waals surface area (Å²) in [6.07, 6.45) is 3.03. The molecule has 2 N–H and O–H groups in total. The first kappa shape index (κ1) is 15.5. The lowest BCUT2D eigenvalue weighted by Crippen LogP contribution is -2.33. The molecule has 4 nitrogen and oxygen atoms in total. The van der Waals surface area contributed by atoms with Gasteiger partial charge in [-0.3, -0.25) is 0 Å². The van der Waals surface area contributed by atoms with Gasteiger partial charge in [0.25, 0.3) is 0 Å². The molecule has 0 spiro atoms. The fourth-order valence-electron chi connectivity index (χ4n) is 2.70. The second-order valence-corrected chi connectivity index (χ2v) is 7.63. The van der Waals surface area contributed by atoms with E-state index in [0.717, 1.165) is 30.4 Å². The van der Waals surface area contributed by atoms with Crippen LogP contribution in [0, 0.1) is 5.92 Å². The fourth-order valence-corrected chi connectivity index (χ4v) is 4.35. The second-order valence-electron chi connectivity index (χ2n) is 5.66. The molecule has 112 valence electrons. The van der Waals surface area contributed by atoms with Gasteiger partial charge in [-0.25, -0.2) is 12.7 Å². The van der Waals surface area contributed by atoms with Gasteiger partial charge in [0.2, 0.25) is 10.0 Å². The molecule has 1 heterocycles. The van der Waals surface area contributed by atoms with Crippen molar-refractivity contribution in [1.29, 1.82) is 0 Å². The Balaban J connectivity index is 2.14. The SMILES string of the molecule is CC1CCCN(S(=O)(=O)Cc2ccccc2CN)CC1. The molecule has 0 bridgehead atoms. The van der Waals surface area contributed by atoms with Gasteiger partial charge in [-0.2, -0.15) is 0 Å². The van der Waals surface area contributed by atoms with Crippen molar-refractivity contribution in [2.45, 2.75) is 38.5 Å².